The van der Waals surface area contributed by atoms with Gasteiger partial charge in [0.15, 0.2) is 5.82 Å². The number of nitriles is 1. The molecule has 1 amide bonds. The van der Waals surface area contributed by atoms with Crippen LogP contribution in [0.4, 0.5) is 5.82 Å². The van der Waals surface area contributed by atoms with Crippen LogP contribution in [0.25, 0.3) is 0 Å². The molecule has 1 aromatic rings. The molecule has 21 heteroatoms. The summed E-state index contributed by atoms with van der Waals surface area (Å²) in [6.07, 6.45) is 4.02. The first-order valence-corrected chi connectivity index (χ1v) is 19.3. The minimum Gasteiger partial charge on any atom is -0.748 e. The average molecular weight is 801 g/mol. The summed E-state index contributed by atoms with van der Waals surface area (Å²) >= 11 is 13.1. The largest absolute Gasteiger partial charge is 1.00 e. The van der Waals surface area contributed by atoms with E-state index in [0.29, 0.717) is 38.9 Å². The van der Waals surface area contributed by atoms with E-state index < -0.39 is 65.5 Å². The Morgan fingerprint density at radius 1 is 0.979 bits per heavy atom. The zero-order valence-electron chi connectivity index (χ0n) is 27.0. The first-order valence-electron chi connectivity index (χ1n) is 15.4. The number of azo groups is 1. The van der Waals surface area contributed by atoms with E-state index in [4.69, 9.17) is 27.9 Å². The summed E-state index contributed by atoms with van der Waals surface area (Å²) in [4.78, 5) is 15.8. The fraction of sp³-hybridized carbons (Fsp3) is 0.815. The fourth-order valence-corrected chi connectivity index (χ4v) is 10.3. The molecule has 7 atom stereocenters. The predicted octanol–water partition coefficient (Wildman–Crippen LogP) is -3.85. The first kappa shape index (κ1) is 43.8. The van der Waals surface area contributed by atoms with Gasteiger partial charge in [0.05, 0.1) is 79.0 Å². The summed E-state index contributed by atoms with van der Waals surface area (Å²) in [7, 11) is -9.12. The van der Waals surface area contributed by atoms with E-state index in [9.17, 15) is 36.0 Å². The van der Waals surface area contributed by atoms with E-state index >= 15 is 0 Å². The van der Waals surface area contributed by atoms with Crippen LogP contribution in [0.5, 0.6) is 0 Å². The maximum atomic E-state index is 13.5. The molecule has 7 unspecified atom stereocenters. The number of ether oxygens (including phenoxy) is 1. The van der Waals surface area contributed by atoms with Crippen molar-refractivity contribution >= 4 is 55.2 Å². The zero-order chi connectivity index (χ0) is 33.2. The Hall–Kier alpha value is 1.36. The van der Waals surface area contributed by atoms with Crippen molar-refractivity contribution in [1.82, 2.24) is 20.0 Å². The summed E-state index contributed by atoms with van der Waals surface area (Å²) in [5.41, 5.74) is 0.0877. The number of rotatable bonds is 8. The van der Waals surface area contributed by atoms with Gasteiger partial charge in [-0.3, -0.25) is 9.69 Å². The molecule has 3 aliphatic carbocycles. The Morgan fingerprint density at radius 2 is 1.62 bits per heavy atom. The molecule has 5 rings (SSSR count). The van der Waals surface area contributed by atoms with Crippen LogP contribution in [0.1, 0.15) is 69.4 Å². The molecule has 2 heterocycles. The van der Waals surface area contributed by atoms with Crippen LogP contribution in [0, 0.1) is 17.2 Å². The van der Waals surface area contributed by atoms with Gasteiger partial charge in [0, 0.05) is 25.0 Å². The molecule has 3 saturated carbocycles. The Morgan fingerprint density at radius 3 is 2.23 bits per heavy atom. The molecule has 1 saturated heterocycles. The van der Waals surface area contributed by atoms with Crippen molar-refractivity contribution < 1.29 is 138 Å². The van der Waals surface area contributed by atoms with Crippen molar-refractivity contribution in [2.75, 3.05) is 26.3 Å². The number of nitrogens with zero attached hydrogens (tertiary/aromatic N) is 6. The molecule has 0 radical (unpaired) electrons. The number of hydrogen-bond donors (Lipinski definition) is 1. The number of alkyl halides is 2. The van der Waals surface area contributed by atoms with Gasteiger partial charge >= 0.3 is 103 Å². The van der Waals surface area contributed by atoms with Crippen molar-refractivity contribution in [1.29, 1.82) is 5.26 Å². The predicted molar refractivity (Wildman–Crippen MR) is 164 cm³/mol. The van der Waals surface area contributed by atoms with Gasteiger partial charge in [0.25, 0.3) is 0 Å². The molecule has 1 N–H and O–H groups in total. The van der Waals surface area contributed by atoms with Gasteiger partial charge in [-0.15, -0.1) is 28.3 Å². The van der Waals surface area contributed by atoms with Gasteiger partial charge in [-0.1, -0.05) is 6.42 Å². The van der Waals surface area contributed by atoms with Gasteiger partial charge in [-0.25, -0.2) is 21.5 Å². The van der Waals surface area contributed by atoms with E-state index in [0.717, 1.165) is 19.5 Å². The van der Waals surface area contributed by atoms with Crippen molar-refractivity contribution in [2.45, 2.75) is 103 Å². The third-order valence-corrected chi connectivity index (χ3v) is 13.0. The van der Waals surface area contributed by atoms with Gasteiger partial charge in [-0.2, -0.15) is 15.5 Å². The van der Waals surface area contributed by atoms with Crippen LogP contribution < -0.4 is 108 Å². The molecule has 256 valence electrons. The maximum absolute atomic E-state index is 13.5. The van der Waals surface area contributed by atoms with Crippen molar-refractivity contribution in [3.8, 4) is 6.07 Å². The Kier molecular flexibility index (Phi) is 17.4. The monoisotopic (exact) mass is 799 g/mol. The minimum absolute atomic E-state index is 0. The maximum Gasteiger partial charge on any atom is 1.00 e. The molecule has 0 spiro atoms. The number of aromatic nitrogens is 2. The van der Waals surface area contributed by atoms with Crippen molar-refractivity contribution in [3.05, 3.63) is 11.8 Å². The second kappa shape index (κ2) is 19.1. The third kappa shape index (κ3) is 11.0. The Bertz CT molecular complexity index is 1550. The second-order valence-electron chi connectivity index (χ2n) is 12.5. The zero-order valence-corrected chi connectivity index (χ0v) is 36.4. The van der Waals surface area contributed by atoms with E-state index in [1.54, 1.807) is 0 Å². The number of hydrogen-bond acceptors (Lipinski definition) is 13. The standard InChI is InChI=1S/C27H39Cl2N7O8S2.2K/c28-21-12-20(46(41,42)43)13-22(29)25(21)36-26(17(14-30)15-31-36)34-33-23-5-4-18(35-6-8-44-9-7-35)11-24(23)32-27(37)16-2-1-3-19(10-16)45(38,39)40;;/h15-16,18-25H,1-13H2,(H,32,37)(H,38,39,40)(H,41,42,43);;/q;2*+1/p-2. The Balaban J connectivity index is 0.00000312. The van der Waals surface area contributed by atoms with Crippen LogP contribution in [0.2, 0.25) is 0 Å². The van der Waals surface area contributed by atoms with E-state index in [1.165, 1.54) is 10.9 Å². The molecule has 0 aromatic carbocycles. The molecule has 0 bridgehead atoms. The van der Waals surface area contributed by atoms with E-state index in [2.05, 4.69) is 25.5 Å². The van der Waals surface area contributed by atoms with Crippen LogP contribution in [-0.2, 0) is 29.8 Å². The summed E-state index contributed by atoms with van der Waals surface area (Å²) in [5, 5.41) is 22.0. The molecular formula is C27H37Cl2K2N7O8S2. The summed E-state index contributed by atoms with van der Waals surface area (Å²) in [6, 6.07) is 0.422. The molecule has 15 nitrogen and oxygen atoms in total. The molecule has 4 aliphatic rings. The minimum atomic E-state index is -4.61. The molecular weight excluding hydrogens is 764 g/mol. The molecule has 1 aliphatic heterocycles. The number of morpholine rings is 1. The normalized spacial score (nSPS) is 33.6. The number of halogens is 2. The number of carbonyl (C=O) groups excluding carboxylic acids is 1. The smallest absolute Gasteiger partial charge is 0.748 e. The quantitative estimate of drug-likeness (QED) is 0.116. The number of nitrogens with one attached hydrogen (secondary N) is 1. The van der Waals surface area contributed by atoms with Crippen LogP contribution in [-0.4, -0.2) is 112 Å². The van der Waals surface area contributed by atoms with Crippen LogP contribution >= 0.6 is 23.2 Å². The SMILES string of the molecule is N#Cc1cnn(C2C(Cl)CC(S(=O)(=O)[O-])CC2Cl)c1N=NC1CCC(N2CCOCC2)CC1NC(=O)C1CCCC(S(=O)(=O)[O-])C1.[K+].[K+]. The number of carbonyl (C=O) groups is 1. The summed E-state index contributed by atoms with van der Waals surface area (Å²) in [5.74, 6) is -0.878. The molecule has 1 aromatic heterocycles. The van der Waals surface area contributed by atoms with Gasteiger partial charge < -0.3 is 19.2 Å². The average Bonchev–Trinajstić information content (AvgIpc) is 3.42. The summed E-state index contributed by atoms with van der Waals surface area (Å²) in [6.45, 7) is 2.72. The fourth-order valence-electron chi connectivity index (χ4n) is 7.17. The van der Waals surface area contributed by atoms with E-state index in [1.807, 2.05) is 6.07 Å². The van der Waals surface area contributed by atoms with E-state index in [-0.39, 0.29) is 152 Å². The molecule has 4 fully saturated rings. The van der Waals surface area contributed by atoms with Gasteiger partial charge in [0.1, 0.15) is 11.6 Å². The van der Waals surface area contributed by atoms with Gasteiger partial charge in [-0.05, 0) is 51.4 Å². The van der Waals surface area contributed by atoms with Crippen LogP contribution in [0.3, 0.4) is 0 Å². The summed E-state index contributed by atoms with van der Waals surface area (Å²) < 4.78 is 76.9. The third-order valence-electron chi connectivity index (χ3n) is 9.68. The van der Waals surface area contributed by atoms with Crippen LogP contribution in [0.15, 0.2) is 16.4 Å². The van der Waals surface area contributed by atoms with Gasteiger partial charge in [0.2, 0.25) is 5.91 Å². The number of amides is 1. The van der Waals surface area contributed by atoms with Crippen molar-refractivity contribution in [2.24, 2.45) is 16.1 Å². The second-order valence-corrected chi connectivity index (χ2v) is 17.0. The first-order chi connectivity index (χ1) is 21.8. The topological polar surface area (TPSA) is 222 Å². The Labute approximate surface area is 376 Å². The van der Waals surface area contributed by atoms with Crippen molar-refractivity contribution in [3.63, 3.8) is 0 Å². The molecule has 48 heavy (non-hydrogen) atoms.